The second kappa shape index (κ2) is 8.70. The highest BCUT2D eigenvalue weighted by molar-refractivity contribution is 5.49. The van der Waals surface area contributed by atoms with Crippen LogP contribution in [-0.4, -0.2) is 41.3 Å². The topological polar surface area (TPSA) is 61.3 Å². The number of nitrogens with zero attached hydrogens (tertiary/aromatic N) is 3. The summed E-state index contributed by atoms with van der Waals surface area (Å²) in [7, 11) is 0. The van der Waals surface area contributed by atoms with Crippen LogP contribution >= 0.6 is 0 Å². The van der Waals surface area contributed by atoms with E-state index in [1.165, 1.54) is 18.4 Å². The minimum absolute atomic E-state index is 0.134. The third-order valence-electron chi connectivity index (χ3n) is 5.67. The van der Waals surface area contributed by atoms with Crippen molar-refractivity contribution in [2.24, 2.45) is 11.3 Å². The van der Waals surface area contributed by atoms with E-state index in [4.69, 9.17) is 0 Å². The fraction of sp³-hybridized carbons (Fsp3) is 0.545. The molecule has 2 aromatic rings. The minimum atomic E-state index is -0.230. The molecule has 0 bridgehead atoms. The van der Waals surface area contributed by atoms with Gasteiger partial charge in [-0.3, -0.25) is 0 Å². The standard InChI is InChI=1S/C22H32N4O/c1-17-8-7-11-26(14-17)21-12-20(24-16-25-21)23-13-19(22(2,3)15-27)18-9-5-4-6-10-18/h4-6,9-10,12,16-17,19,27H,7-8,11,13-15H2,1-3H3,(H,23,24,25). The highest BCUT2D eigenvalue weighted by Gasteiger charge is 2.30. The van der Waals surface area contributed by atoms with Crippen molar-refractivity contribution in [2.45, 2.75) is 39.5 Å². The van der Waals surface area contributed by atoms with E-state index in [-0.39, 0.29) is 17.9 Å². The van der Waals surface area contributed by atoms with Gasteiger partial charge in [-0.15, -0.1) is 0 Å². The lowest BCUT2D eigenvalue weighted by molar-refractivity contribution is 0.134. The average Bonchev–Trinajstić information content (AvgIpc) is 2.69. The molecule has 0 radical (unpaired) electrons. The Morgan fingerprint density at radius 3 is 2.74 bits per heavy atom. The smallest absolute Gasteiger partial charge is 0.134 e. The summed E-state index contributed by atoms with van der Waals surface area (Å²) in [6, 6.07) is 12.4. The number of rotatable bonds is 7. The van der Waals surface area contributed by atoms with Gasteiger partial charge in [0.25, 0.3) is 0 Å². The number of piperidine rings is 1. The Hall–Kier alpha value is -2.14. The maximum Gasteiger partial charge on any atom is 0.134 e. The summed E-state index contributed by atoms with van der Waals surface area (Å²) < 4.78 is 0. The monoisotopic (exact) mass is 368 g/mol. The Morgan fingerprint density at radius 2 is 2.04 bits per heavy atom. The number of aliphatic hydroxyl groups excluding tert-OH is 1. The molecule has 3 rings (SSSR count). The Kier molecular flexibility index (Phi) is 6.32. The number of anilines is 2. The molecule has 1 aliphatic rings. The van der Waals surface area contributed by atoms with E-state index in [2.05, 4.69) is 65.2 Å². The lowest BCUT2D eigenvalue weighted by atomic mass is 9.75. The number of nitrogens with one attached hydrogen (secondary N) is 1. The van der Waals surface area contributed by atoms with Crippen molar-refractivity contribution in [2.75, 3.05) is 36.5 Å². The van der Waals surface area contributed by atoms with E-state index < -0.39 is 0 Å². The van der Waals surface area contributed by atoms with Gasteiger partial charge >= 0.3 is 0 Å². The zero-order chi connectivity index (χ0) is 19.3. The Labute approximate surface area is 162 Å². The molecule has 1 saturated heterocycles. The molecule has 146 valence electrons. The van der Waals surface area contributed by atoms with Crippen molar-refractivity contribution in [1.29, 1.82) is 0 Å². The number of benzene rings is 1. The summed E-state index contributed by atoms with van der Waals surface area (Å²) in [6.45, 7) is 9.47. The van der Waals surface area contributed by atoms with Crippen molar-refractivity contribution in [3.63, 3.8) is 0 Å². The van der Waals surface area contributed by atoms with Crippen LogP contribution in [0.4, 0.5) is 11.6 Å². The Morgan fingerprint density at radius 1 is 1.26 bits per heavy atom. The highest BCUT2D eigenvalue weighted by atomic mass is 16.3. The van der Waals surface area contributed by atoms with E-state index in [0.29, 0.717) is 12.5 Å². The summed E-state index contributed by atoms with van der Waals surface area (Å²) in [5.74, 6) is 2.72. The average molecular weight is 369 g/mol. The molecule has 1 aromatic heterocycles. The van der Waals surface area contributed by atoms with Crippen molar-refractivity contribution in [1.82, 2.24) is 9.97 Å². The highest BCUT2D eigenvalue weighted by Crippen LogP contribution is 2.35. The Balaban J connectivity index is 1.73. The summed E-state index contributed by atoms with van der Waals surface area (Å²) in [4.78, 5) is 11.3. The molecule has 1 aliphatic heterocycles. The molecule has 2 heterocycles. The van der Waals surface area contributed by atoms with Gasteiger partial charge in [0.05, 0.1) is 0 Å². The summed E-state index contributed by atoms with van der Waals surface area (Å²) >= 11 is 0. The fourth-order valence-corrected chi connectivity index (χ4v) is 3.86. The third kappa shape index (κ3) is 4.98. The second-order valence-corrected chi connectivity index (χ2v) is 8.45. The maximum absolute atomic E-state index is 9.90. The fourth-order valence-electron chi connectivity index (χ4n) is 3.86. The predicted molar refractivity (Wildman–Crippen MR) is 111 cm³/mol. The van der Waals surface area contributed by atoms with E-state index in [0.717, 1.165) is 24.7 Å². The molecule has 0 spiro atoms. The van der Waals surface area contributed by atoms with Gasteiger partial charge in [-0.1, -0.05) is 51.1 Å². The zero-order valence-electron chi connectivity index (χ0n) is 16.7. The lowest BCUT2D eigenvalue weighted by Crippen LogP contribution is -2.35. The van der Waals surface area contributed by atoms with Gasteiger partial charge in [-0.2, -0.15) is 0 Å². The molecular formula is C22H32N4O. The lowest BCUT2D eigenvalue weighted by Gasteiger charge is -2.34. The van der Waals surface area contributed by atoms with Crippen molar-refractivity contribution < 1.29 is 5.11 Å². The van der Waals surface area contributed by atoms with Gasteiger partial charge < -0.3 is 15.3 Å². The summed E-state index contributed by atoms with van der Waals surface area (Å²) in [5, 5.41) is 13.4. The van der Waals surface area contributed by atoms with Crippen LogP contribution in [0.25, 0.3) is 0 Å². The molecule has 1 aromatic carbocycles. The van der Waals surface area contributed by atoms with Gasteiger partial charge in [0.15, 0.2) is 0 Å². The maximum atomic E-state index is 9.90. The molecule has 27 heavy (non-hydrogen) atoms. The molecule has 2 N–H and O–H groups in total. The summed E-state index contributed by atoms with van der Waals surface area (Å²) in [5.41, 5.74) is 0.996. The van der Waals surface area contributed by atoms with Crippen LogP contribution < -0.4 is 10.2 Å². The molecule has 2 atom stereocenters. The summed E-state index contributed by atoms with van der Waals surface area (Å²) in [6.07, 6.45) is 4.15. The first kappa shape index (κ1) is 19.6. The van der Waals surface area contributed by atoms with Crippen LogP contribution in [-0.2, 0) is 0 Å². The molecule has 0 saturated carbocycles. The molecule has 2 unspecified atom stereocenters. The van der Waals surface area contributed by atoms with Crippen molar-refractivity contribution >= 4 is 11.6 Å². The van der Waals surface area contributed by atoms with Crippen LogP contribution in [0.1, 0.15) is 45.1 Å². The first-order chi connectivity index (χ1) is 13.0. The SMILES string of the molecule is CC1CCCN(c2cc(NCC(c3ccccc3)C(C)(C)CO)ncn2)C1. The van der Waals surface area contributed by atoms with Gasteiger partial charge in [0.1, 0.15) is 18.0 Å². The second-order valence-electron chi connectivity index (χ2n) is 8.45. The zero-order valence-corrected chi connectivity index (χ0v) is 16.7. The molecular weight excluding hydrogens is 336 g/mol. The molecule has 5 nitrogen and oxygen atoms in total. The normalized spacial score (nSPS) is 19.0. The van der Waals surface area contributed by atoms with E-state index >= 15 is 0 Å². The van der Waals surface area contributed by atoms with Gasteiger partial charge in [-0.25, -0.2) is 9.97 Å². The van der Waals surface area contributed by atoms with Crippen molar-refractivity contribution in [3.8, 4) is 0 Å². The van der Waals surface area contributed by atoms with Crippen LogP contribution in [0.2, 0.25) is 0 Å². The molecule has 0 amide bonds. The van der Waals surface area contributed by atoms with Crippen LogP contribution in [0, 0.1) is 11.3 Å². The van der Waals surface area contributed by atoms with E-state index in [9.17, 15) is 5.11 Å². The predicted octanol–water partition coefficient (Wildman–Crippen LogP) is 3.93. The molecule has 5 heteroatoms. The van der Waals surface area contributed by atoms with E-state index in [1.807, 2.05) is 12.1 Å². The first-order valence-corrected chi connectivity index (χ1v) is 9.96. The van der Waals surface area contributed by atoms with Crippen LogP contribution in [0.3, 0.4) is 0 Å². The van der Waals surface area contributed by atoms with Gasteiger partial charge in [0.2, 0.25) is 0 Å². The third-order valence-corrected chi connectivity index (χ3v) is 5.67. The number of aromatic nitrogens is 2. The number of hydrogen-bond donors (Lipinski definition) is 2. The molecule has 1 fully saturated rings. The van der Waals surface area contributed by atoms with Gasteiger partial charge in [-0.05, 0) is 29.7 Å². The first-order valence-electron chi connectivity index (χ1n) is 9.96. The largest absolute Gasteiger partial charge is 0.396 e. The van der Waals surface area contributed by atoms with Crippen LogP contribution in [0.5, 0.6) is 0 Å². The Bertz CT molecular complexity index is 719. The van der Waals surface area contributed by atoms with Crippen molar-refractivity contribution in [3.05, 3.63) is 48.3 Å². The molecule has 0 aliphatic carbocycles. The van der Waals surface area contributed by atoms with E-state index in [1.54, 1.807) is 6.33 Å². The van der Waals surface area contributed by atoms with Gasteiger partial charge in [0, 0.05) is 38.2 Å². The number of aliphatic hydroxyl groups is 1. The minimum Gasteiger partial charge on any atom is -0.396 e. The number of hydrogen-bond acceptors (Lipinski definition) is 5. The quantitative estimate of drug-likeness (QED) is 0.775. The van der Waals surface area contributed by atoms with Crippen LogP contribution in [0.15, 0.2) is 42.7 Å².